The Morgan fingerprint density at radius 1 is 1.09 bits per heavy atom. The number of amides is 2. The normalized spacial score (nSPS) is 10.3. The Hall–Kier alpha value is -2.70. The molecule has 0 fully saturated rings. The number of carbonyl (C=O) groups excluding carboxylic acids is 3. The lowest BCUT2D eigenvalue weighted by Crippen LogP contribution is -2.29. The third-order valence-corrected chi connectivity index (χ3v) is 3.01. The molecule has 124 valence electrons. The van der Waals surface area contributed by atoms with Crippen LogP contribution in [0.5, 0.6) is 0 Å². The number of rotatable bonds is 7. The molecule has 7 nitrogen and oxygen atoms in total. The molecule has 1 aromatic carbocycles. The van der Waals surface area contributed by atoms with Gasteiger partial charge in [0.2, 0.25) is 5.91 Å². The van der Waals surface area contributed by atoms with E-state index in [4.69, 9.17) is 5.11 Å². The molecule has 3 N–H and O–H groups in total. The Balaban J connectivity index is 3.17. The summed E-state index contributed by atoms with van der Waals surface area (Å²) in [4.78, 5) is 46.2. The van der Waals surface area contributed by atoms with Crippen LogP contribution in [0.4, 0.5) is 5.69 Å². The first kappa shape index (κ1) is 18.3. The summed E-state index contributed by atoms with van der Waals surface area (Å²) < 4.78 is 0. The molecule has 0 unspecified atom stereocenters. The van der Waals surface area contributed by atoms with E-state index in [-0.39, 0.29) is 35.2 Å². The first-order valence-electron chi connectivity index (χ1n) is 7.23. The fourth-order valence-electron chi connectivity index (χ4n) is 1.81. The number of carboxylic acids is 1. The van der Waals surface area contributed by atoms with Gasteiger partial charge in [-0.25, -0.2) is 0 Å². The van der Waals surface area contributed by atoms with Crippen LogP contribution in [0, 0.1) is 5.92 Å². The Morgan fingerprint density at radius 3 is 2.22 bits per heavy atom. The average Bonchev–Trinajstić information content (AvgIpc) is 2.50. The number of Topliss-reactive ketones (excluding diaryl/α,β-unsaturated/α-hetero) is 1. The van der Waals surface area contributed by atoms with Crippen molar-refractivity contribution in [2.24, 2.45) is 5.92 Å². The highest BCUT2D eigenvalue weighted by Crippen LogP contribution is 2.18. The summed E-state index contributed by atoms with van der Waals surface area (Å²) in [6.45, 7) is 4.60. The standard InChI is InChI=1S/C16H20N2O5/c1-4-13(19)18-12-6-10(15(22)9(2)3)5-11(7-12)16(23)17-8-14(20)21/h5-7,9H,4,8H2,1-3H3,(H,17,23)(H,18,19)(H,20,21). The molecule has 0 bridgehead atoms. The molecule has 0 aliphatic heterocycles. The highest BCUT2D eigenvalue weighted by molar-refractivity contribution is 6.04. The quantitative estimate of drug-likeness (QED) is 0.662. The van der Waals surface area contributed by atoms with Gasteiger partial charge < -0.3 is 15.7 Å². The summed E-state index contributed by atoms with van der Waals surface area (Å²) in [5.41, 5.74) is 0.724. The molecule has 2 amide bonds. The van der Waals surface area contributed by atoms with Gasteiger partial charge >= 0.3 is 5.97 Å². The van der Waals surface area contributed by atoms with Crippen LogP contribution in [-0.4, -0.2) is 35.2 Å². The zero-order chi connectivity index (χ0) is 17.6. The largest absolute Gasteiger partial charge is 0.480 e. The number of nitrogens with one attached hydrogen (secondary N) is 2. The summed E-state index contributed by atoms with van der Waals surface area (Å²) in [6, 6.07) is 4.30. The lowest BCUT2D eigenvalue weighted by atomic mass is 9.98. The molecule has 0 spiro atoms. The number of hydrogen-bond donors (Lipinski definition) is 3. The van der Waals surface area contributed by atoms with Gasteiger partial charge in [0.15, 0.2) is 5.78 Å². The van der Waals surface area contributed by atoms with Crippen LogP contribution in [0.15, 0.2) is 18.2 Å². The van der Waals surface area contributed by atoms with Crippen molar-refractivity contribution in [1.29, 1.82) is 0 Å². The monoisotopic (exact) mass is 320 g/mol. The molecule has 0 aliphatic rings. The predicted octanol–water partition coefficient (Wildman–Crippen LogP) is 1.69. The van der Waals surface area contributed by atoms with Crippen LogP contribution in [0.25, 0.3) is 0 Å². The van der Waals surface area contributed by atoms with Crippen LogP contribution in [0.1, 0.15) is 47.9 Å². The van der Waals surface area contributed by atoms with Crippen molar-refractivity contribution in [1.82, 2.24) is 5.32 Å². The molecule has 0 radical (unpaired) electrons. The van der Waals surface area contributed by atoms with E-state index < -0.39 is 18.4 Å². The smallest absolute Gasteiger partial charge is 0.322 e. The number of anilines is 1. The number of carboxylic acid groups (broad SMARTS) is 1. The third kappa shape index (κ3) is 5.54. The Bertz CT molecular complexity index is 637. The fraction of sp³-hybridized carbons (Fsp3) is 0.375. The maximum atomic E-state index is 12.2. The highest BCUT2D eigenvalue weighted by atomic mass is 16.4. The van der Waals surface area contributed by atoms with E-state index in [1.165, 1.54) is 18.2 Å². The van der Waals surface area contributed by atoms with Gasteiger partial charge in [0.05, 0.1) is 0 Å². The van der Waals surface area contributed by atoms with Crippen molar-refractivity contribution in [2.45, 2.75) is 27.2 Å². The van der Waals surface area contributed by atoms with E-state index in [0.717, 1.165) is 0 Å². The number of carbonyl (C=O) groups is 4. The summed E-state index contributed by atoms with van der Waals surface area (Å²) in [6.07, 6.45) is 0.253. The number of aliphatic carboxylic acids is 1. The zero-order valence-corrected chi connectivity index (χ0v) is 13.3. The predicted molar refractivity (Wildman–Crippen MR) is 84.5 cm³/mol. The van der Waals surface area contributed by atoms with E-state index in [9.17, 15) is 19.2 Å². The first-order valence-corrected chi connectivity index (χ1v) is 7.23. The van der Waals surface area contributed by atoms with Crippen LogP contribution >= 0.6 is 0 Å². The summed E-state index contributed by atoms with van der Waals surface area (Å²) in [5.74, 6) is -2.51. The van der Waals surface area contributed by atoms with Gasteiger partial charge in [-0.3, -0.25) is 19.2 Å². The second kappa shape index (κ2) is 8.07. The van der Waals surface area contributed by atoms with Crippen LogP contribution in [0.3, 0.4) is 0 Å². The lowest BCUT2D eigenvalue weighted by Gasteiger charge is -2.11. The topological polar surface area (TPSA) is 113 Å². The molecule has 1 rings (SSSR count). The van der Waals surface area contributed by atoms with E-state index in [1.807, 2.05) is 0 Å². The molecule has 7 heteroatoms. The van der Waals surface area contributed by atoms with Gasteiger partial charge in [0.1, 0.15) is 6.54 Å². The van der Waals surface area contributed by atoms with E-state index in [2.05, 4.69) is 10.6 Å². The van der Waals surface area contributed by atoms with Crippen molar-refractivity contribution < 1.29 is 24.3 Å². The van der Waals surface area contributed by atoms with Gasteiger partial charge in [-0.15, -0.1) is 0 Å². The van der Waals surface area contributed by atoms with Crippen molar-refractivity contribution in [3.05, 3.63) is 29.3 Å². The zero-order valence-electron chi connectivity index (χ0n) is 13.3. The van der Waals surface area contributed by atoms with E-state index in [0.29, 0.717) is 5.69 Å². The SMILES string of the molecule is CCC(=O)Nc1cc(C(=O)NCC(=O)O)cc(C(=O)C(C)C)c1. The summed E-state index contributed by atoms with van der Waals surface area (Å²) in [7, 11) is 0. The van der Waals surface area contributed by atoms with Gasteiger partial charge in [-0.05, 0) is 18.2 Å². The minimum Gasteiger partial charge on any atom is -0.480 e. The third-order valence-electron chi connectivity index (χ3n) is 3.01. The van der Waals surface area contributed by atoms with Crippen LogP contribution in [0.2, 0.25) is 0 Å². The lowest BCUT2D eigenvalue weighted by molar-refractivity contribution is -0.135. The molecular weight excluding hydrogens is 300 g/mol. The van der Waals surface area contributed by atoms with E-state index >= 15 is 0 Å². The maximum absolute atomic E-state index is 12.2. The number of ketones is 1. The Morgan fingerprint density at radius 2 is 1.70 bits per heavy atom. The summed E-state index contributed by atoms with van der Waals surface area (Å²) in [5, 5.41) is 13.4. The van der Waals surface area contributed by atoms with Crippen molar-refractivity contribution in [3.63, 3.8) is 0 Å². The van der Waals surface area contributed by atoms with Gasteiger partial charge in [-0.1, -0.05) is 20.8 Å². The average molecular weight is 320 g/mol. The molecule has 0 saturated carbocycles. The minimum atomic E-state index is -1.17. The van der Waals surface area contributed by atoms with Gasteiger partial charge in [-0.2, -0.15) is 0 Å². The first-order chi connectivity index (χ1) is 10.7. The molecule has 1 aromatic rings. The van der Waals surface area contributed by atoms with E-state index in [1.54, 1.807) is 20.8 Å². The molecule has 0 atom stereocenters. The van der Waals surface area contributed by atoms with Crippen molar-refractivity contribution in [3.8, 4) is 0 Å². The summed E-state index contributed by atoms with van der Waals surface area (Å²) >= 11 is 0. The molecular formula is C16H20N2O5. The van der Waals surface area contributed by atoms with Gasteiger partial charge in [0.25, 0.3) is 5.91 Å². The van der Waals surface area contributed by atoms with Crippen molar-refractivity contribution >= 4 is 29.3 Å². The second-order valence-corrected chi connectivity index (χ2v) is 5.30. The highest BCUT2D eigenvalue weighted by Gasteiger charge is 2.16. The minimum absolute atomic E-state index is 0.115. The van der Waals surface area contributed by atoms with Crippen LogP contribution in [-0.2, 0) is 9.59 Å². The Kier molecular flexibility index (Phi) is 6.44. The van der Waals surface area contributed by atoms with Gasteiger partial charge in [0, 0.05) is 29.2 Å². The molecule has 0 heterocycles. The Labute approximate surface area is 134 Å². The second-order valence-electron chi connectivity index (χ2n) is 5.30. The molecule has 0 aromatic heterocycles. The number of hydrogen-bond acceptors (Lipinski definition) is 4. The molecule has 0 saturated heterocycles. The van der Waals surface area contributed by atoms with Crippen molar-refractivity contribution in [2.75, 3.05) is 11.9 Å². The number of benzene rings is 1. The van der Waals surface area contributed by atoms with Crippen LogP contribution < -0.4 is 10.6 Å². The maximum Gasteiger partial charge on any atom is 0.322 e. The molecule has 0 aliphatic carbocycles. The fourth-order valence-corrected chi connectivity index (χ4v) is 1.81. The molecule has 23 heavy (non-hydrogen) atoms.